The first kappa shape index (κ1) is 10.8. The molecule has 0 radical (unpaired) electrons. The smallest absolute Gasteiger partial charge is 0.223 e. The van der Waals surface area contributed by atoms with E-state index in [9.17, 15) is 0 Å². The summed E-state index contributed by atoms with van der Waals surface area (Å²) >= 11 is 0. The fourth-order valence-electron chi connectivity index (χ4n) is 1.89. The zero-order valence-corrected chi connectivity index (χ0v) is 9.69. The van der Waals surface area contributed by atoms with E-state index in [0.717, 1.165) is 16.7 Å². The predicted molar refractivity (Wildman–Crippen MR) is 61.0 cm³/mol. The van der Waals surface area contributed by atoms with Crippen molar-refractivity contribution in [2.75, 3.05) is 0 Å². The van der Waals surface area contributed by atoms with Gasteiger partial charge in [0.05, 0.1) is 6.04 Å². The number of benzene rings is 1. The topological polar surface area (TPSA) is 64.9 Å². The zero-order chi connectivity index (χ0) is 11.7. The van der Waals surface area contributed by atoms with Gasteiger partial charge in [0.15, 0.2) is 5.82 Å². The average molecular weight is 217 g/mol. The van der Waals surface area contributed by atoms with Crippen LogP contribution in [0.4, 0.5) is 0 Å². The first-order valence-electron chi connectivity index (χ1n) is 5.21. The minimum Gasteiger partial charge on any atom is -0.340 e. The van der Waals surface area contributed by atoms with Crippen LogP contribution in [0.1, 0.15) is 34.4 Å². The molecule has 2 rings (SSSR count). The van der Waals surface area contributed by atoms with Crippen LogP contribution >= 0.6 is 0 Å². The normalized spacial score (nSPS) is 12.8. The molecule has 0 spiro atoms. The van der Waals surface area contributed by atoms with Gasteiger partial charge in [-0.15, -0.1) is 0 Å². The third-order valence-electron chi connectivity index (χ3n) is 2.67. The molecule has 0 aliphatic carbocycles. The van der Waals surface area contributed by atoms with Gasteiger partial charge in [-0.3, -0.25) is 0 Å². The van der Waals surface area contributed by atoms with Crippen molar-refractivity contribution in [3.63, 3.8) is 0 Å². The van der Waals surface area contributed by atoms with Crippen molar-refractivity contribution in [1.82, 2.24) is 10.1 Å². The van der Waals surface area contributed by atoms with Crippen LogP contribution in [-0.4, -0.2) is 10.1 Å². The standard InChI is InChI=1S/C12H15N3O/c1-7-5-4-6-8(2)10(7)11(13)12-14-9(3)16-15-12/h4-6,11H,13H2,1-3H3. The Bertz CT molecular complexity index is 484. The third-order valence-corrected chi connectivity index (χ3v) is 2.67. The van der Waals surface area contributed by atoms with Gasteiger partial charge in [0.2, 0.25) is 5.89 Å². The zero-order valence-electron chi connectivity index (χ0n) is 9.69. The monoisotopic (exact) mass is 217 g/mol. The van der Waals surface area contributed by atoms with Crippen molar-refractivity contribution in [3.05, 3.63) is 46.6 Å². The highest BCUT2D eigenvalue weighted by Crippen LogP contribution is 2.23. The van der Waals surface area contributed by atoms with Crippen LogP contribution in [0.25, 0.3) is 0 Å². The molecule has 1 unspecified atom stereocenters. The van der Waals surface area contributed by atoms with E-state index in [2.05, 4.69) is 10.1 Å². The van der Waals surface area contributed by atoms with Crippen molar-refractivity contribution >= 4 is 0 Å². The minimum absolute atomic E-state index is 0.321. The number of aromatic nitrogens is 2. The first-order valence-corrected chi connectivity index (χ1v) is 5.21. The summed E-state index contributed by atoms with van der Waals surface area (Å²) in [5, 5.41) is 3.86. The van der Waals surface area contributed by atoms with Crippen LogP contribution in [0.5, 0.6) is 0 Å². The summed E-state index contributed by atoms with van der Waals surface area (Å²) in [5.74, 6) is 1.08. The lowest BCUT2D eigenvalue weighted by Crippen LogP contribution is -2.16. The molecule has 2 N–H and O–H groups in total. The highest BCUT2D eigenvalue weighted by Gasteiger charge is 2.18. The molecule has 84 valence electrons. The molecule has 4 nitrogen and oxygen atoms in total. The number of aryl methyl sites for hydroxylation is 3. The number of hydrogen-bond donors (Lipinski definition) is 1. The van der Waals surface area contributed by atoms with E-state index >= 15 is 0 Å². The van der Waals surface area contributed by atoms with Crippen LogP contribution in [0.15, 0.2) is 22.7 Å². The van der Waals surface area contributed by atoms with Gasteiger partial charge in [-0.1, -0.05) is 23.4 Å². The molecule has 1 atom stereocenters. The molecule has 0 saturated heterocycles. The van der Waals surface area contributed by atoms with Crippen LogP contribution in [0.2, 0.25) is 0 Å². The minimum atomic E-state index is -0.321. The van der Waals surface area contributed by atoms with E-state index in [1.165, 1.54) is 0 Å². The van der Waals surface area contributed by atoms with Gasteiger partial charge in [0.1, 0.15) is 0 Å². The van der Waals surface area contributed by atoms with E-state index in [-0.39, 0.29) is 6.04 Å². The molecular weight excluding hydrogens is 202 g/mol. The van der Waals surface area contributed by atoms with Crippen molar-refractivity contribution in [2.45, 2.75) is 26.8 Å². The Morgan fingerprint density at radius 2 is 1.81 bits per heavy atom. The molecule has 0 saturated carbocycles. The molecule has 0 amide bonds. The Balaban J connectivity index is 2.45. The Morgan fingerprint density at radius 3 is 2.31 bits per heavy atom. The third kappa shape index (κ3) is 1.84. The van der Waals surface area contributed by atoms with E-state index in [1.54, 1.807) is 6.92 Å². The summed E-state index contributed by atoms with van der Waals surface area (Å²) < 4.78 is 4.95. The summed E-state index contributed by atoms with van der Waals surface area (Å²) in [5.41, 5.74) is 9.52. The highest BCUT2D eigenvalue weighted by atomic mass is 16.5. The maximum Gasteiger partial charge on any atom is 0.223 e. The molecule has 0 aliphatic heterocycles. The molecule has 4 heteroatoms. The van der Waals surface area contributed by atoms with Crippen LogP contribution < -0.4 is 5.73 Å². The number of nitrogens with zero attached hydrogens (tertiary/aromatic N) is 2. The summed E-state index contributed by atoms with van der Waals surface area (Å²) in [6.45, 7) is 5.83. The fraction of sp³-hybridized carbons (Fsp3) is 0.333. The highest BCUT2D eigenvalue weighted by molar-refractivity contribution is 5.38. The first-order chi connectivity index (χ1) is 7.59. The molecule has 0 fully saturated rings. The lowest BCUT2D eigenvalue weighted by Gasteiger charge is -2.13. The Morgan fingerprint density at radius 1 is 1.19 bits per heavy atom. The molecule has 1 heterocycles. The molecule has 1 aromatic carbocycles. The summed E-state index contributed by atoms with van der Waals surface area (Å²) in [6, 6.07) is 5.77. The molecule has 16 heavy (non-hydrogen) atoms. The Hall–Kier alpha value is -1.68. The fourth-order valence-corrected chi connectivity index (χ4v) is 1.89. The number of rotatable bonds is 2. The summed E-state index contributed by atoms with van der Waals surface area (Å²) in [6.07, 6.45) is 0. The summed E-state index contributed by atoms with van der Waals surface area (Å²) in [4.78, 5) is 4.17. The molecular formula is C12H15N3O. The second-order valence-electron chi connectivity index (χ2n) is 3.95. The van der Waals surface area contributed by atoms with Crippen LogP contribution in [0.3, 0.4) is 0 Å². The Labute approximate surface area is 94.5 Å². The second kappa shape index (κ2) is 4.06. The number of hydrogen-bond acceptors (Lipinski definition) is 4. The number of nitrogens with two attached hydrogens (primary N) is 1. The van der Waals surface area contributed by atoms with Gasteiger partial charge in [0.25, 0.3) is 0 Å². The van der Waals surface area contributed by atoms with E-state index in [4.69, 9.17) is 10.3 Å². The predicted octanol–water partition coefficient (Wildman–Crippen LogP) is 2.04. The van der Waals surface area contributed by atoms with Crippen LogP contribution in [-0.2, 0) is 0 Å². The van der Waals surface area contributed by atoms with Crippen molar-refractivity contribution in [3.8, 4) is 0 Å². The quantitative estimate of drug-likeness (QED) is 0.836. The lowest BCUT2D eigenvalue weighted by molar-refractivity contribution is 0.385. The Kier molecular flexibility index (Phi) is 2.75. The van der Waals surface area contributed by atoms with E-state index in [0.29, 0.717) is 11.7 Å². The van der Waals surface area contributed by atoms with Gasteiger partial charge in [-0.25, -0.2) is 0 Å². The maximum absolute atomic E-state index is 6.15. The largest absolute Gasteiger partial charge is 0.340 e. The van der Waals surface area contributed by atoms with E-state index in [1.807, 2.05) is 32.0 Å². The van der Waals surface area contributed by atoms with Gasteiger partial charge in [0, 0.05) is 6.92 Å². The molecule has 1 aromatic heterocycles. The second-order valence-corrected chi connectivity index (χ2v) is 3.95. The molecule has 0 bridgehead atoms. The lowest BCUT2D eigenvalue weighted by atomic mass is 9.96. The van der Waals surface area contributed by atoms with E-state index < -0.39 is 0 Å². The molecule has 2 aromatic rings. The van der Waals surface area contributed by atoms with Gasteiger partial charge in [-0.2, -0.15) is 4.98 Å². The average Bonchev–Trinajstić information content (AvgIpc) is 2.64. The SMILES string of the molecule is Cc1nc(C(N)c2c(C)cccc2C)no1. The van der Waals surface area contributed by atoms with Crippen molar-refractivity contribution in [1.29, 1.82) is 0 Å². The van der Waals surface area contributed by atoms with Crippen molar-refractivity contribution < 1.29 is 4.52 Å². The van der Waals surface area contributed by atoms with Crippen LogP contribution in [0, 0.1) is 20.8 Å². The van der Waals surface area contributed by atoms with Crippen molar-refractivity contribution in [2.24, 2.45) is 5.73 Å². The molecule has 0 aliphatic rings. The van der Waals surface area contributed by atoms with Gasteiger partial charge >= 0.3 is 0 Å². The maximum atomic E-state index is 6.15. The summed E-state index contributed by atoms with van der Waals surface area (Å²) in [7, 11) is 0. The van der Waals surface area contributed by atoms with Gasteiger partial charge in [-0.05, 0) is 30.5 Å². The van der Waals surface area contributed by atoms with Gasteiger partial charge < -0.3 is 10.3 Å².